The molecule has 144 valence electrons. The van der Waals surface area contributed by atoms with E-state index in [0.717, 1.165) is 71.3 Å². The Morgan fingerprint density at radius 2 is 1.89 bits per heavy atom. The number of thiophene rings is 1. The van der Waals surface area contributed by atoms with Gasteiger partial charge in [-0.2, -0.15) is 0 Å². The van der Waals surface area contributed by atoms with E-state index in [4.69, 9.17) is 19.2 Å². The summed E-state index contributed by atoms with van der Waals surface area (Å²) >= 11 is 3.51. The minimum atomic E-state index is 0.772. The van der Waals surface area contributed by atoms with E-state index in [1.807, 2.05) is 13.8 Å². The monoisotopic (exact) mass is 404 g/mol. The van der Waals surface area contributed by atoms with Crippen LogP contribution in [0.2, 0.25) is 0 Å². The van der Waals surface area contributed by atoms with Crippen LogP contribution >= 0.6 is 23.1 Å². The Hall–Kier alpha value is -1.48. The average molecular weight is 405 g/mol. The van der Waals surface area contributed by atoms with Gasteiger partial charge in [0.25, 0.3) is 0 Å². The number of thioether (sulfide) groups is 1. The first-order chi connectivity index (χ1) is 13.0. The van der Waals surface area contributed by atoms with Gasteiger partial charge in [-0.05, 0) is 33.3 Å². The highest BCUT2D eigenvalue weighted by atomic mass is 32.2. The van der Waals surface area contributed by atoms with E-state index in [0.29, 0.717) is 0 Å². The van der Waals surface area contributed by atoms with E-state index in [2.05, 4.69) is 23.9 Å². The highest BCUT2D eigenvalue weighted by molar-refractivity contribution is 7.98. The van der Waals surface area contributed by atoms with Crippen molar-refractivity contribution in [1.29, 1.82) is 0 Å². The second kappa shape index (κ2) is 7.87. The van der Waals surface area contributed by atoms with Crippen LogP contribution in [0, 0.1) is 27.7 Å². The van der Waals surface area contributed by atoms with Gasteiger partial charge in [-0.3, -0.25) is 4.90 Å². The number of hydrogen-bond donors (Lipinski definition) is 0. The fraction of sp³-hybridized carbons (Fsp3) is 0.526. The first-order valence-electron chi connectivity index (χ1n) is 9.14. The molecule has 1 aliphatic heterocycles. The molecule has 27 heavy (non-hydrogen) atoms. The quantitative estimate of drug-likeness (QED) is 0.470. The molecule has 0 aromatic carbocycles. The van der Waals surface area contributed by atoms with Crippen LogP contribution in [0.15, 0.2) is 9.55 Å². The Bertz CT molecular complexity index is 941. The highest BCUT2D eigenvalue weighted by Gasteiger charge is 2.19. The fourth-order valence-corrected chi connectivity index (χ4v) is 5.61. The number of morpholine rings is 1. The summed E-state index contributed by atoms with van der Waals surface area (Å²) < 4.78 is 10.8. The van der Waals surface area contributed by atoms with Crippen molar-refractivity contribution >= 4 is 33.3 Å². The van der Waals surface area contributed by atoms with Crippen LogP contribution in [0.1, 0.15) is 33.3 Å². The van der Waals surface area contributed by atoms with Crippen molar-refractivity contribution in [2.24, 2.45) is 0 Å². The van der Waals surface area contributed by atoms with Crippen molar-refractivity contribution in [1.82, 2.24) is 20.0 Å². The zero-order valence-corrected chi connectivity index (χ0v) is 17.8. The molecule has 0 aliphatic carbocycles. The molecule has 0 bridgehead atoms. The Labute approximate surface area is 167 Å². The summed E-state index contributed by atoms with van der Waals surface area (Å²) in [4.78, 5) is 14.6. The van der Waals surface area contributed by atoms with Gasteiger partial charge in [0, 0.05) is 34.7 Å². The molecule has 4 heterocycles. The van der Waals surface area contributed by atoms with Crippen LogP contribution in [0.4, 0.5) is 0 Å². The summed E-state index contributed by atoms with van der Waals surface area (Å²) in [6.45, 7) is 12.5. The maximum atomic E-state index is 5.45. The van der Waals surface area contributed by atoms with E-state index in [1.54, 1.807) is 23.1 Å². The topological polar surface area (TPSA) is 64.3 Å². The van der Waals surface area contributed by atoms with E-state index >= 15 is 0 Å². The van der Waals surface area contributed by atoms with Crippen LogP contribution in [-0.2, 0) is 17.0 Å². The van der Waals surface area contributed by atoms with Gasteiger partial charge in [0.2, 0.25) is 0 Å². The Morgan fingerprint density at radius 1 is 1.11 bits per heavy atom. The molecule has 8 heteroatoms. The molecule has 3 aromatic rings. The van der Waals surface area contributed by atoms with Crippen molar-refractivity contribution < 1.29 is 9.26 Å². The SMILES string of the molecule is Cc1noc(C)c1CSc1nc(CN2CCOCC2)nc2sc(C)c(C)c12. The van der Waals surface area contributed by atoms with Gasteiger partial charge in [0.05, 0.1) is 25.5 Å². The number of nitrogens with zero attached hydrogens (tertiary/aromatic N) is 4. The van der Waals surface area contributed by atoms with Crippen molar-refractivity contribution in [2.75, 3.05) is 26.3 Å². The van der Waals surface area contributed by atoms with Gasteiger partial charge in [0.1, 0.15) is 21.4 Å². The van der Waals surface area contributed by atoms with Crippen LogP contribution < -0.4 is 0 Å². The van der Waals surface area contributed by atoms with E-state index in [1.165, 1.54) is 15.8 Å². The van der Waals surface area contributed by atoms with Crippen LogP contribution in [0.25, 0.3) is 10.2 Å². The second-order valence-electron chi connectivity index (χ2n) is 6.89. The largest absolute Gasteiger partial charge is 0.379 e. The molecule has 1 saturated heterocycles. The molecule has 0 radical (unpaired) electrons. The molecule has 0 unspecified atom stereocenters. The number of aryl methyl sites for hydroxylation is 4. The third-order valence-corrected chi connectivity index (χ3v) is 7.15. The van der Waals surface area contributed by atoms with Crippen molar-refractivity contribution in [3.63, 3.8) is 0 Å². The van der Waals surface area contributed by atoms with Gasteiger partial charge in [0.15, 0.2) is 0 Å². The summed E-state index contributed by atoms with van der Waals surface area (Å²) in [5, 5.41) is 6.32. The number of ether oxygens (including phenoxy) is 1. The molecule has 3 aromatic heterocycles. The summed E-state index contributed by atoms with van der Waals surface area (Å²) in [7, 11) is 0. The molecular formula is C19H24N4O2S2. The lowest BCUT2D eigenvalue weighted by Gasteiger charge is -2.25. The predicted molar refractivity (Wildman–Crippen MR) is 109 cm³/mol. The number of hydrogen-bond acceptors (Lipinski definition) is 8. The lowest BCUT2D eigenvalue weighted by molar-refractivity contribution is 0.0330. The predicted octanol–water partition coefficient (Wildman–Crippen LogP) is 4.04. The zero-order valence-electron chi connectivity index (χ0n) is 16.2. The Morgan fingerprint density at radius 3 is 2.59 bits per heavy atom. The van der Waals surface area contributed by atoms with Gasteiger partial charge >= 0.3 is 0 Å². The highest BCUT2D eigenvalue weighted by Crippen LogP contribution is 2.37. The molecular weight excluding hydrogens is 380 g/mol. The molecule has 1 aliphatic rings. The third kappa shape index (κ3) is 3.89. The first kappa shape index (κ1) is 18.9. The molecule has 6 nitrogen and oxygen atoms in total. The van der Waals surface area contributed by atoms with Crippen molar-refractivity contribution in [3.8, 4) is 0 Å². The normalized spacial score (nSPS) is 15.7. The van der Waals surface area contributed by atoms with Gasteiger partial charge in [-0.15, -0.1) is 23.1 Å². The lowest BCUT2D eigenvalue weighted by atomic mass is 10.2. The van der Waals surface area contributed by atoms with Crippen LogP contribution in [-0.4, -0.2) is 46.3 Å². The summed E-state index contributed by atoms with van der Waals surface area (Å²) in [5.41, 5.74) is 3.40. The average Bonchev–Trinajstić information content (AvgIpc) is 3.12. The molecule has 0 spiro atoms. The summed E-state index contributed by atoms with van der Waals surface area (Å²) in [5.74, 6) is 2.59. The van der Waals surface area contributed by atoms with Crippen LogP contribution in [0.3, 0.4) is 0 Å². The maximum Gasteiger partial charge on any atom is 0.145 e. The fourth-order valence-electron chi connectivity index (χ4n) is 3.24. The minimum Gasteiger partial charge on any atom is -0.379 e. The molecule has 0 N–H and O–H groups in total. The van der Waals surface area contributed by atoms with E-state index in [-0.39, 0.29) is 0 Å². The molecule has 0 amide bonds. The lowest BCUT2D eigenvalue weighted by Crippen LogP contribution is -2.36. The van der Waals surface area contributed by atoms with Crippen LogP contribution in [0.5, 0.6) is 0 Å². The number of rotatable bonds is 5. The zero-order chi connectivity index (χ0) is 19.0. The van der Waals surface area contributed by atoms with E-state index < -0.39 is 0 Å². The minimum absolute atomic E-state index is 0.772. The molecule has 0 atom stereocenters. The number of aromatic nitrogens is 3. The Balaban J connectivity index is 1.66. The third-order valence-electron chi connectivity index (χ3n) is 5.04. The molecule has 0 saturated carbocycles. The summed E-state index contributed by atoms with van der Waals surface area (Å²) in [6.07, 6.45) is 0. The van der Waals surface area contributed by atoms with Gasteiger partial charge in [-0.25, -0.2) is 9.97 Å². The second-order valence-corrected chi connectivity index (χ2v) is 9.06. The maximum absolute atomic E-state index is 5.45. The smallest absolute Gasteiger partial charge is 0.145 e. The van der Waals surface area contributed by atoms with E-state index in [9.17, 15) is 0 Å². The first-order valence-corrected chi connectivity index (χ1v) is 10.9. The number of fused-ring (bicyclic) bond motifs is 1. The standard InChI is InChI=1S/C19H24N4O2S2/c1-11-14(4)27-19-17(11)18(26-10-15-12(2)22-25-13(15)3)20-16(21-19)9-23-5-7-24-8-6-23/h5-10H2,1-4H3. The Kier molecular flexibility index (Phi) is 5.50. The molecule has 1 fully saturated rings. The van der Waals surface area contributed by atoms with Gasteiger partial charge < -0.3 is 9.26 Å². The van der Waals surface area contributed by atoms with Gasteiger partial charge in [-0.1, -0.05) is 5.16 Å². The van der Waals surface area contributed by atoms with Crippen molar-refractivity contribution in [3.05, 3.63) is 33.3 Å². The van der Waals surface area contributed by atoms with Crippen molar-refractivity contribution in [2.45, 2.75) is 45.0 Å². The molecule has 4 rings (SSSR count). The summed E-state index contributed by atoms with van der Waals surface area (Å²) in [6, 6.07) is 0.